The van der Waals surface area contributed by atoms with Crippen LogP contribution >= 0.6 is 0 Å². The van der Waals surface area contributed by atoms with Gasteiger partial charge in [0.2, 0.25) is 0 Å². The molecule has 0 aliphatic rings. The molecule has 0 radical (unpaired) electrons. The molecule has 0 aromatic heterocycles. The van der Waals surface area contributed by atoms with Crippen LogP contribution in [-0.2, 0) is 20.2 Å². The summed E-state index contributed by atoms with van der Waals surface area (Å²) in [7, 11) is -9.95. The molecule has 2 aromatic carbocycles. The Bertz CT molecular complexity index is 1100. The molecule has 0 unspecified atom stereocenters. The van der Waals surface area contributed by atoms with Crippen LogP contribution in [0.2, 0.25) is 0 Å². The smallest absolute Gasteiger partial charge is 0.282 e. The van der Waals surface area contributed by atoms with E-state index in [4.69, 9.17) is 9.11 Å². The number of nitrogens with zero attached hydrogens (tertiary/aromatic N) is 2. The molecule has 0 heterocycles. The van der Waals surface area contributed by atoms with Crippen molar-refractivity contribution in [3.8, 4) is 0 Å². The first-order valence-corrected chi connectivity index (χ1v) is 8.56. The molecule has 2 rings (SSSR count). The molecule has 0 amide bonds. The summed E-state index contributed by atoms with van der Waals surface area (Å²) < 4.78 is 62.9. The lowest BCUT2D eigenvalue weighted by molar-refractivity contribution is -0.423. The molecule has 24 heavy (non-hydrogen) atoms. The molecule has 12 nitrogen and oxygen atoms in total. The van der Waals surface area contributed by atoms with Crippen LogP contribution in [0.25, 0.3) is 10.8 Å². The summed E-state index contributed by atoms with van der Waals surface area (Å²) >= 11 is 0. The summed E-state index contributed by atoms with van der Waals surface area (Å²) in [5.74, 6) is 0. The second-order valence-corrected chi connectivity index (χ2v) is 7.23. The molecule has 2 aromatic rings. The topological polar surface area (TPSA) is 195 Å². The number of hydrogen-bond acceptors (Lipinski definition) is 8. The fraction of sp³-hybridized carbons (Fsp3) is 0. The second-order valence-electron chi connectivity index (χ2n) is 4.42. The maximum Gasteiger partial charge on any atom is 0.367 e. The summed E-state index contributed by atoms with van der Waals surface area (Å²) in [5.41, 5.74) is -2.71. The first-order chi connectivity index (χ1) is 10.8. The van der Waals surface area contributed by atoms with Crippen molar-refractivity contribution in [3.05, 3.63) is 44.5 Å². The molecule has 0 aliphatic heterocycles. The number of nitro benzene ring substituents is 2. The van der Waals surface area contributed by atoms with E-state index in [9.17, 15) is 37.1 Å². The first kappa shape index (κ1) is 17.7. The number of nitro groups is 2. The molecule has 128 valence electrons. The molecule has 0 saturated heterocycles. The fourth-order valence-electron chi connectivity index (χ4n) is 2.05. The number of fused-ring (bicyclic) bond motifs is 1. The molecule has 0 bridgehead atoms. The van der Waals surface area contributed by atoms with Crippen LogP contribution in [0.4, 0.5) is 11.4 Å². The van der Waals surface area contributed by atoms with Crippen molar-refractivity contribution in [3.63, 3.8) is 0 Å². The fourth-order valence-corrected chi connectivity index (χ4v) is 3.26. The van der Waals surface area contributed by atoms with Gasteiger partial charge in [-0.2, -0.15) is 16.8 Å². The van der Waals surface area contributed by atoms with Gasteiger partial charge in [0, 0.05) is 0 Å². The van der Waals surface area contributed by atoms with Crippen LogP contribution in [0, 0.1) is 20.2 Å². The Morgan fingerprint density at radius 3 is 1.79 bits per heavy atom. The Morgan fingerprint density at radius 2 is 1.38 bits per heavy atom. The predicted octanol–water partition coefficient (Wildman–Crippen LogP) is 1.15. The minimum absolute atomic E-state index is 0.421. The SMILES string of the molecule is O=[N+]([O-])c1c(S(=O)(=O)O)cc2cc(S(=O)(=O)O)ccc2c1[N+](=O)[O-]. The standard InChI is InChI=1S/C10H6N2O10S2/c13-11(14)9-7-2-1-6(23(17,18)19)3-5(7)4-8(24(20,21)22)10(9)12(15)16/h1-4H,(H,17,18,19)(H,20,21,22). The summed E-state index contributed by atoms with van der Waals surface area (Å²) in [4.78, 5) is 17.5. The average Bonchev–Trinajstić information content (AvgIpc) is 2.42. The van der Waals surface area contributed by atoms with Gasteiger partial charge in [0.1, 0.15) is 0 Å². The second kappa shape index (κ2) is 5.45. The normalized spacial score (nSPS) is 12.2. The molecule has 14 heteroatoms. The largest absolute Gasteiger partial charge is 0.367 e. The summed E-state index contributed by atoms with van der Waals surface area (Å²) in [5, 5.41) is 21.3. The third kappa shape index (κ3) is 3.02. The van der Waals surface area contributed by atoms with E-state index in [1.165, 1.54) is 0 Å². The molecule has 0 saturated carbocycles. The Labute approximate surface area is 133 Å². The molecule has 2 N–H and O–H groups in total. The van der Waals surface area contributed by atoms with E-state index in [1.54, 1.807) is 0 Å². The summed E-state index contributed by atoms with van der Waals surface area (Å²) in [6.45, 7) is 0. The Hall–Kier alpha value is -2.68. The van der Waals surface area contributed by atoms with E-state index in [1.807, 2.05) is 0 Å². The van der Waals surface area contributed by atoms with Crippen LogP contribution in [-0.4, -0.2) is 35.8 Å². The lowest BCUT2D eigenvalue weighted by atomic mass is 10.1. The highest BCUT2D eigenvalue weighted by atomic mass is 32.2. The van der Waals surface area contributed by atoms with Gasteiger partial charge in [-0.3, -0.25) is 29.3 Å². The van der Waals surface area contributed by atoms with E-state index in [0.29, 0.717) is 12.1 Å². The molecular formula is C10H6N2O10S2. The summed E-state index contributed by atoms with van der Waals surface area (Å²) in [6, 6.07) is 2.74. The third-order valence-electron chi connectivity index (χ3n) is 2.96. The highest BCUT2D eigenvalue weighted by molar-refractivity contribution is 7.86. The number of hydrogen-bond donors (Lipinski definition) is 2. The van der Waals surface area contributed by atoms with Crippen LogP contribution in [0.5, 0.6) is 0 Å². The zero-order chi connectivity index (χ0) is 18.4. The zero-order valence-corrected chi connectivity index (χ0v) is 12.8. The van der Waals surface area contributed by atoms with Crippen molar-refractivity contribution < 1.29 is 35.8 Å². The lowest BCUT2D eigenvalue weighted by Gasteiger charge is -2.06. The average molecular weight is 378 g/mol. The summed E-state index contributed by atoms with van der Waals surface area (Å²) in [6.07, 6.45) is 0. The predicted molar refractivity (Wildman–Crippen MR) is 76.9 cm³/mol. The third-order valence-corrected chi connectivity index (χ3v) is 4.68. The lowest BCUT2D eigenvalue weighted by Crippen LogP contribution is -2.07. The van der Waals surface area contributed by atoms with E-state index in [2.05, 4.69) is 0 Å². The maximum absolute atomic E-state index is 11.3. The van der Waals surface area contributed by atoms with Crippen LogP contribution in [0.3, 0.4) is 0 Å². The van der Waals surface area contributed by atoms with Crippen molar-refractivity contribution in [2.75, 3.05) is 0 Å². The van der Waals surface area contributed by atoms with Gasteiger partial charge in [-0.15, -0.1) is 0 Å². The molecule has 0 atom stereocenters. The van der Waals surface area contributed by atoms with Gasteiger partial charge in [-0.25, -0.2) is 0 Å². The van der Waals surface area contributed by atoms with Crippen molar-refractivity contribution in [2.24, 2.45) is 0 Å². The van der Waals surface area contributed by atoms with Crippen LogP contribution < -0.4 is 0 Å². The van der Waals surface area contributed by atoms with Gasteiger partial charge in [-0.1, -0.05) is 0 Å². The maximum atomic E-state index is 11.3. The zero-order valence-electron chi connectivity index (χ0n) is 11.2. The van der Waals surface area contributed by atoms with Crippen LogP contribution in [0.15, 0.2) is 34.1 Å². The van der Waals surface area contributed by atoms with E-state index < -0.39 is 62.0 Å². The van der Waals surface area contributed by atoms with Crippen molar-refractivity contribution in [2.45, 2.75) is 9.79 Å². The van der Waals surface area contributed by atoms with Crippen molar-refractivity contribution in [1.82, 2.24) is 0 Å². The molecular weight excluding hydrogens is 372 g/mol. The van der Waals surface area contributed by atoms with Crippen molar-refractivity contribution in [1.29, 1.82) is 0 Å². The van der Waals surface area contributed by atoms with Gasteiger partial charge in [0.05, 0.1) is 20.1 Å². The van der Waals surface area contributed by atoms with Gasteiger partial charge >= 0.3 is 21.5 Å². The van der Waals surface area contributed by atoms with Gasteiger partial charge < -0.3 is 0 Å². The molecule has 0 aliphatic carbocycles. The number of benzene rings is 2. The molecule has 0 spiro atoms. The quantitative estimate of drug-likeness (QED) is 0.442. The molecule has 0 fully saturated rings. The Morgan fingerprint density at radius 1 is 0.833 bits per heavy atom. The van der Waals surface area contributed by atoms with Gasteiger partial charge in [0.15, 0.2) is 4.90 Å². The van der Waals surface area contributed by atoms with E-state index in [-0.39, 0.29) is 0 Å². The Kier molecular flexibility index (Phi) is 4.01. The number of rotatable bonds is 4. The van der Waals surface area contributed by atoms with Gasteiger partial charge in [0.25, 0.3) is 10.1 Å². The minimum atomic E-state index is -5.23. The highest BCUT2D eigenvalue weighted by Gasteiger charge is 2.37. The van der Waals surface area contributed by atoms with Gasteiger partial charge in [-0.05, 0) is 29.7 Å². The van der Waals surface area contributed by atoms with E-state index in [0.717, 1.165) is 12.1 Å². The van der Waals surface area contributed by atoms with Crippen LogP contribution in [0.1, 0.15) is 0 Å². The monoisotopic (exact) mass is 378 g/mol. The van der Waals surface area contributed by atoms with Crippen molar-refractivity contribution >= 4 is 42.4 Å². The Balaban J connectivity index is 3.13. The van der Waals surface area contributed by atoms with E-state index >= 15 is 0 Å². The highest BCUT2D eigenvalue weighted by Crippen LogP contribution is 2.40. The first-order valence-electron chi connectivity index (χ1n) is 5.68. The minimum Gasteiger partial charge on any atom is -0.282 e.